The fourth-order valence-electron chi connectivity index (χ4n) is 2.16. The third-order valence-electron chi connectivity index (χ3n) is 3.04. The lowest BCUT2D eigenvalue weighted by Crippen LogP contribution is -2.51. The van der Waals surface area contributed by atoms with Gasteiger partial charge in [-0.1, -0.05) is 6.92 Å². The molecular weight excluding hydrogens is 228 g/mol. The van der Waals surface area contributed by atoms with Gasteiger partial charge in [-0.2, -0.15) is 4.31 Å². The summed E-state index contributed by atoms with van der Waals surface area (Å²) in [5.41, 5.74) is 5.64. The van der Waals surface area contributed by atoms with Gasteiger partial charge in [0.05, 0.1) is 11.9 Å². The van der Waals surface area contributed by atoms with E-state index < -0.39 is 10.0 Å². The van der Waals surface area contributed by atoms with Crippen LogP contribution in [-0.4, -0.2) is 50.8 Å². The predicted octanol–water partition coefficient (Wildman–Crippen LogP) is 0.164. The summed E-state index contributed by atoms with van der Waals surface area (Å²) in [7, 11) is -1.47. The summed E-state index contributed by atoms with van der Waals surface area (Å²) in [6.07, 6.45) is 2.25. The Kier molecular flexibility index (Phi) is 5.17. The molecule has 0 saturated carbocycles. The number of nitrogens with two attached hydrogens (primary N) is 1. The molecule has 2 atom stereocenters. The minimum Gasteiger partial charge on any atom is -0.381 e. The van der Waals surface area contributed by atoms with Crippen LogP contribution in [0.1, 0.15) is 26.2 Å². The summed E-state index contributed by atoms with van der Waals surface area (Å²) in [6.45, 7) is 2.77. The summed E-state index contributed by atoms with van der Waals surface area (Å²) < 4.78 is 30.8. The molecule has 16 heavy (non-hydrogen) atoms. The molecule has 0 bridgehead atoms. The minimum atomic E-state index is -3.13. The Morgan fingerprint density at radius 3 is 2.69 bits per heavy atom. The highest BCUT2D eigenvalue weighted by Gasteiger charge is 2.34. The normalized spacial score (nSPS) is 28.2. The molecule has 1 fully saturated rings. The van der Waals surface area contributed by atoms with Gasteiger partial charge in [-0.3, -0.25) is 0 Å². The zero-order valence-corrected chi connectivity index (χ0v) is 10.9. The zero-order chi connectivity index (χ0) is 12.2. The largest absolute Gasteiger partial charge is 0.381 e. The van der Waals surface area contributed by atoms with E-state index in [-0.39, 0.29) is 17.9 Å². The van der Waals surface area contributed by atoms with Crippen LogP contribution in [0.25, 0.3) is 0 Å². The highest BCUT2D eigenvalue weighted by atomic mass is 32.2. The van der Waals surface area contributed by atoms with Crippen LogP contribution >= 0.6 is 0 Å². The molecule has 1 heterocycles. The van der Waals surface area contributed by atoms with Crippen molar-refractivity contribution in [1.82, 2.24) is 4.31 Å². The third-order valence-corrected chi connectivity index (χ3v) is 5.16. The average molecular weight is 250 g/mol. The molecule has 0 aromatic carbocycles. The van der Waals surface area contributed by atoms with Crippen LogP contribution in [0.4, 0.5) is 0 Å². The zero-order valence-electron chi connectivity index (χ0n) is 10.1. The van der Waals surface area contributed by atoms with Crippen molar-refractivity contribution in [3.63, 3.8) is 0 Å². The highest BCUT2D eigenvalue weighted by Crippen LogP contribution is 2.22. The summed E-state index contributed by atoms with van der Waals surface area (Å²) in [6, 6.07) is -0.102. The van der Waals surface area contributed by atoms with Crippen molar-refractivity contribution < 1.29 is 13.2 Å². The molecule has 0 aliphatic carbocycles. The van der Waals surface area contributed by atoms with Gasteiger partial charge in [0.25, 0.3) is 0 Å². The summed E-state index contributed by atoms with van der Waals surface area (Å²) in [5.74, 6) is 0.209. The van der Waals surface area contributed by atoms with E-state index in [4.69, 9.17) is 10.5 Å². The lowest BCUT2D eigenvalue weighted by Gasteiger charge is -2.37. The molecule has 96 valence electrons. The van der Waals surface area contributed by atoms with Gasteiger partial charge in [0.1, 0.15) is 0 Å². The van der Waals surface area contributed by atoms with Gasteiger partial charge in [-0.05, 0) is 19.3 Å². The average Bonchev–Trinajstić information content (AvgIpc) is 2.28. The highest BCUT2D eigenvalue weighted by molar-refractivity contribution is 7.89. The van der Waals surface area contributed by atoms with Crippen LogP contribution < -0.4 is 5.73 Å². The van der Waals surface area contributed by atoms with E-state index in [9.17, 15) is 8.42 Å². The van der Waals surface area contributed by atoms with E-state index in [0.29, 0.717) is 25.9 Å². The van der Waals surface area contributed by atoms with Crippen LogP contribution in [-0.2, 0) is 14.8 Å². The van der Waals surface area contributed by atoms with E-state index >= 15 is 0 Å². The molecule has 2 N–H and O–H groups in total. The molecule has 5 nitrogen and oxygen atoms in total. The van der Waals surface area contributed by atoms with Crippen LogP contribution in [0, 0.1) is 0 Å². The van der Waals surface area contributed by atoms with Crippen molar-refractivity contribution in [1.29, 1.82) is 0 Å². The molecule has 2 unspecified atom stereocenters. The fourth-order valence-corrected chi connectivity index (χ4v) is 3.92. The molecule has 6 heteroatoms. The Bertz CT molecular complexity index is 305. The summed E-state index contributed by atoms with van der Waals surface area (Å²) in [4.78, 5) is 0. The smallest absolute Gasteiger partial charge is 0.214 e. The van der Waals surface area contributed by atoms with E-state index in [1.54, 1.807) is 11.4 Å². The van der Waals surface area contributed by atoms with Gasteiger partial charge in [0.2, 0.25) is 10.0 Å². The molecule has 1 aliphatic rings. The third kappa shape index (κ3) is 3.16. The Morgan fingerprint density at radius 1 is 1.50 bits per heavy atom. The number of ether oxygens (including phenoxy) is 1. The van der Waals surface area contributed by atoms with E-state index in [1.165, 1.54) is 0 Å². The van der Waals surface area contributed by atoms with E-state index in [1.807, 2.05) is 6.92 Å². The molecule has 0 aromatic heterocycles. The number of nitrogens with zero attached hydrogens (tertiary/aromatic N) is 1. The second kappa shape index (κ2) is 5.95. The molecule has 0 aromatic rings. The Balaban J connectivity index is 2.73. The summed E-state index contributed by atoms with van der Waals surface area (Å²) >= 11 is 0. The molecule has 0 amide bonds. The second-order valence-corrected chi connectivity index (χ2v) is 6.24. The van der Waals surface area contributed by atoms with Crippen molar-refractivity contribution >= 4 is 10.0 Å². The molecule has 1 aliphatic heterocycles. The van der Waals surface area contributed by atoms with Gasteiger partial charge in [0, 0.05) is 26.2 Å². The fraction of sp³-hybridized carbons (Fsp3) is 1.00. The number of sulfonamides is 1. The van der Waals surface area contributed by atoms with Crippen LogP contribution in [0.15, 0.2) is 0 Å². The maximum atomic E-state index is 12.0. The van der Waals surface area contributed by atoms with Crippen molar-refractivity contribution in [2.75, 3.05) is 26.0 Å². The van der Waals surface area contributed by atoms with E-state index in [0.717, 1.165) is 6.42 Å². The molecular formula is C10H22N2O3S. The molecule has 1 rings (SSSR count). The standard InChI is InChI=1S/C10H22N2O3S/c1-3-6-16(13,14)12-5-4-10(15-2)7-9(12)8-11/h9-10H,3-8,11H2,1-2H3. The second-order valence-electron chi connectivity index (χ2n) is 4.20. The predicted molar refractivity (Wildman–Crippen MR) is 63.7 cm³/mol. The van der Waals surface area contributed by atoms with Crippen molar-refractivity contribution in [2.45, 2.75) is 38.3 Å². The SMILES string of the molecule is CCCS(=O)(=O)N1CCC(OC)CC1CN. The van der Waals surface area contributed by atoms with Crippen LogP contribution in [0.3, 0.4) is 0 Å². The minimum absolute atomic E-state index is 0.102. The molecule has 0 radical (unpaired) electrons. The van der Waals surface area contributed by atoms with Crippen molar-refractivity contribution in [2.24, 2.45) is 5.73 Å². The maximum absolute atomic E-state index is 12.0. The van der Waals surface area contributed by atoms with Crippen molar-refractivity contribution in [3.8, 4) is 0 Å². The first-order chi connectivity index (χ1) is 7.55. The first kappa shape index (κ1) is 13.9. The van der Waals surface area contributed by atoms with Crippen LogP contribution in [0.5, 0.6) is 0 Å². The number of hydrogen-bond donors (Lipinski definition) is 1. The van der Waals surface area contributed by atoms with Gasteiger partial charge in [-0.15, -0.1) is 0 Å². The topological polar surface area (TPSA) is 72.6 Å². The number of piperidine rings is 1. The van der Waals surface area contributed by atoms with Crippen molar-refractivity contribution in [3.05, 3.63) is 0 Å². The Morgan fingerprint density at radius 2 is 2.19 bits per heavy atom. The first-order valence-electron chi connectivity index (χ1n) is 5.77. The van der Waals surface area contributed by atoms with Gasteiger partial charge < -0.3 is 10.5 Å². The van der Waals surface area contributed by atoms with Gasteiger partial charge >= 0.3 is 0 Å². The van der Waals surface area contributed by atoms with Crippen LogP contribution in [0.2, 0.25) is 0 Å². The maximum Gasteiger partial charge on any atom is 0.214 e. The van der Waals surface area contributed by atoms with E-state index in [2.05, 4.69) is 0 Å². The first-order valence-corrected chi connectivity index (χ1v) is 7.38. The Hall–Kier alpha value is -0.170. The quantitative estimate of drug-likeness (QED) is 0.754. The van der Waals surface area contributed by atoms with Gasteiger partial charge in [0.15, 0.2) is 0 Å². The Labute approximate surface area is 98.0 Å². The number of rotatable bonds is 5. The molecule has 0 spiro atoms. The van der Waals surface area contributed by atoms with Gasteiger partial charge in [-0.25, -0.2) is 8.42 Å². The number of methoxy groups -OCH3 is 1. The summed E-state index contributed by atoms with van der Waals surface area (Å²) in [5, 5.41) is 0. The molecule has 1 saturated heterocycles. The lowest BCUT2D eigenvalue weighted by molar-refractivity contribution is 0.0402. The lowest BCUT2D eigenvalue weighted by atomic mass is 10.0. The monoisotopic (exact) mass is 250 g/mol. The number of hydrogen-bond acceptors (Lipinski definition) is 4.